The fraction of sp³-hybridized carbons (Fsp3) is 0.625. The lowest BCUT2D eigenvalue weighted by atomic mass is 10.0. The standard InChI is InChI=1S/C16H28N2O3/c1-12(2)18(8-9-19-3)11-15(17)14-10-13(20-4)6-7-16(14)21-5/h6-7,10,12,15H,8-9,11,17H2,1-5H3. The lowest BCUT2D eigenvalue weighted by Gasteiger charge is -2.29. The van der Waals surface area contributed by atoms with Gasteiger partial charge in [-0.1, -0.05) is 0 Å². The molecule has 1 unspecified atom stereocenters. The van der Waals surface area contributed by atoms with Gasteiger partial charge in [-0.15, -0.1) is 0 Å². The summed E-state index contributed by atoms with van der Waals surface area (Å²) in [5, 5.41) is 0. The molecule has 21 heavy (non-hydrogen) atoms. The van der Waals surface area contributed by atoms with Crippen LogP contribution in [0.3, 0.4) is 0 Å². The number of rotatable bonds is 9. The molecule has 0 fully saturated rings. The van der Waals surface area contributed by atoms with E-state index in [0.29, 0.717) is 12.6 Å². The van der Waals surface area contributed by atoms with E-state index in [2.05, 4.69) is 18.7 Å². The molecule has 1 aromatic rings. The molecule has 1 rings (SSSR count). The lowest BCUT2D eigenvalue weighted by Crippen LogP contribution is -2.39. The number of nitrogens with zero attached hydrogens (tertiary/aromatic N) is 1. The molecular weight excluding hydrogens is 268 g/mol. The molecule has 2 N–H and O–H groups in total. The summed E-state index contributed by atoms with van der Waals surface area (Å²) in [6.07, 6.45) is 0. The molecular formula is C16H28N2O3. The monoisotopic (exact) mass is 296 g/mol. The Balaban J connectivity index is 2.87. The van der Waals surface area contributed by atoms with Crippen LogP contribution in [0.4, 0.5) is 0 Å². The van der Waals surface area contributed by atoms with E-state index in [0.717, 1.165) is 30.2 Å². The summed E-state index contributed by atoms with van der Waals surface area (Å²) < 4.78 is 15.9. The first kappa shape index (κ1) is 17.8. The van der Waals surface area contributed by atoms with Crippen molar-refractivity contribution in [2.45, 2.75) is 25.9 Å². The third-order valence-electron chi connectivity index (χ3n) is 3.58. The van der Waals surface area contributed by atoms with Crippen molar-refractivity contribution in [2.24, 2.45) is 5.73 Å². The smallest absolute Gasteiger partial charge is 0.123 e. The molecule has 0 bridgehead atoms. The maximum Gasteiger partial charge on any atom is 0.123 e. The average Bonchev–Trinajstić information content (AvgIpc) is 2.50. The number of hydrogen-bond donors (Lipinski definition) is 1. The van der Waals surface area contributed by atoms with E-state index in [1.807, 2.05) is 18.2 Å². The van der Waals surface area contributed by atoms with Crippen LogP contribution in [0, 0.1) is 0 Å². The molecule has 5 heteroatoms. The summed E-state index contributed by atoms with van der Waals surface area (Å²) in [7, 11) is 5.02. The Hall–Kier alpha value is -1.30. The minimum Gasteiger partial charge on any atom is -0.497 e. The van der Waals surface area contributed by atoms with Crippen molar-refractivity contribution in [2.75, 3.05) is 41.0 Å². The third kappa shape index (κ3) is 5.19. The SMILES string of the molecule is COCCN(CC(N)c1cc(OC)ccc1OC)C(C)C. The largest absolute Gasteiger partial charge is 0.497 e. The van der Waals surface area contributed by atoms with Crippen molar-refractivity contribution < 1.29 is 14.2 Å². The van der Waals surface area contributed by atoms with E-state index in [-0.39, 0.29) is 6.04 Å². The highest BCUT2D eigenvalue weighted by Crippen LogP contribution is 2.29. The van der Waals surface area contributed by atoms with Crippen molar-refractivity contribution >= 4 is 0 Å². The third-order valence-corrected chi connectivity index (χ3v) is 3.58. The zero-order chi connectivity index (χ0) is 15.8. The fourth-order valence-electron chi connectivity index (χ4n) is 2.25. The number of nitrogens with two attached hydrogens (primary N) is 1. The van der Waals surface area contributed by atoms with Gasteiger partial charge in [0.1, 0.15) is 11.5 Å². The number of hydrogen-bond acceptors (Lipinski definition) is 5. The molecule has 0 radical (unpaired) electrons. The molecule has 0 aliphatic carbocycles. The van der Waals surface area contributed by atoms with E-state index in [1.54, 1.807) is 21.3 Å². The van der Waals surface area contributed by atoms with Crippen molar-refractivity contribution in [3.63, 3.8) is 0 Å². The van der Waals surface area contributed by atoms with E-state index in [1.165, 1.54) is 0 Å². The Labute approximate surface area is 128 Å². The highest BCUT2D eigenvalue weighted by molar-refractivity contribution is 5.42. The second kappa shape index (κ2) is 8.87. The van der Waals surface area contributed by atoms with Gasteiger partial charge in [-0.3, -0.25) is 4.90 Å². The number of methoxy groups -OCH3 is 3. The first-order valence-electron chi connectivity index (χ1n) is 7.24. The maximum absolute atomic E-state index is 6.39. The first-order valence-corrected chi connectivity index (χ1v) is 7.24. The summed E-state index contributed by atoms with van der Waals surface area (Å²) in [5.74, 6) is 1.58. The van der Waals surface area contributed by atoms with Crippen LogP contribution in [-0.2, 0) is 4.74 Å². The van der Waals surface area contributed by atoms with E-state index in [9.17, 15) is 0 Å². The van der Waals surface area contributed by atoms with Gasteiger partial charge in [0.25, 0.3) is 0 Å². The van der Waals surface area contributed by atoms with Gasteiger partial charge >= 0.3 is 0 Å². The molecule has 1 atom stereocenters. The van der Waals surface area contributed by atoms with Gasteiger partial charge in [-0.05, 0) is 32.0 Å². The molecule has 1 aromatic carbocycles. The van der Waals surface area contributed by atoms with Gasteiger partial charge in [0, 0.05) is 37.8 Å². The van der Waals surface area contributed by atoms with Crippen molar-refractivity contribution in [1.29, 1.82) is 0 Å². The second-order valence-corrected chi connectivity index (χ2v) is 5.30. The minimum absolute atomic E-state index is 0.144. The van der Waals surface area contributed by atoms with Crippen LogP contribution in [0.2, 0.25) is 0 Å². The molecule has 120 valence electrons. The molecule has 0 heterocycles. The quantitative estimate of drug-likeness (QED) is 0.756. The Morgan fingerprint density at radius 2 is 1.86 bits per heavy atom. The molecule has 0 spiro atoms. The van der Waals surface area contributed by atoms with E-state index < -0.39 is 0 Å². The Bertz CT molecular complexity index is 424. The molecule has 0 aliphatic rings. The molecule has 5 nitrogen and oxygen atoms in total. The van der Waals surface area contributed by atoms with Crippen molar-refractivity contribution in [3.05, 3.63) is 23.8 Å². The van der Waals surface area contributed by atoms with Crippen LogP contribution in [0.1, 0.15) is 25.5 Å². The van der Waals surface area contributed by atoms with Crippen LogP contribution in [0.15, 0.2) is 18.2 Å². The van der Waals surface area contributed by atoms with Crippen LogP contribution in [-0.4, -0.2) is 52.0 Å². The fourth-order valence-corrected chi connectivity index (χ4v) is 2.25. The van der Waals surface area contributed by atoms with E-state index >= 15 is 0 Å². The minimum atomic E-state index is -0.144. The van der Waals surface area contributed by atoms with Gasteiger partial charge in [-0.25, -0.2) is 0 Å². The molecule has 0 amide bonds. The predicted molar refractivity (Wildman–Crippen MR) is 85.1 cm³/mol. The Morgan fingerprint density at radius 3 is 2.38 bits per heavy atom. The van der Waals surface area contributed by atoms with Crippen LogP contribution in [0.25, 0.3) is 0 Å². The van der Waals surface area contributed by atoms with E-state index in [4.69, 9.17) is 19.9 Å². The predicted octanol–water partition coefficient (Wildman–Crippen LogP) is 2.06. The molecule has 0 saturated heterocycles. The second-order valence-electron chi connectivity index (χ2n) is 5.30. The maximum atomic E-state index is 6.39. The van der Waals surface area contributed by atoms with Crippen LogP contribution in [0.5, 0.6) is 11.5 Å². The summed E-state index contributed by atoms with van der Waals surface area (Å²) in [6.45, 7) is 6.61. The molecule has 0 saturated carbocycles. The normalized spacial score (nSPS) is 12.8. The van der Waals surface area contributed by atoms with Crippen molar-refractivity contribution in [3.8, 4) is 11.5 Å². The summed E-state index contributed by atoms with van der Waals surface area (Å²) in [4.78, 5) is 2.30. The van der Waals surface area contributed by atoms with Crippen LogP contribution >= 0.6 is 0 Å². The summed E-state index contributed by atoms with van der Waals surface area (Å²) in [5.41, 5.74) is 7.35. The zero-order valence-electron chi connectivity index (χ0n) is 13.8. The van der Waals surface area contributed by atoms with Gasteiger partial charge in [-0.2, -0.15) is 0 Å². The highest BCUT2D eigenvalue weighted by atomic mass is 16.5. The van der Waals surface area contributed by atoms with Gasteiger partial charge in [0.15, 0.2) is 0 Å². The van der Waals surface area contributed by atoms with Gasteiger partial charge in [0.05, 0.1) is 20.8 Å². The number of benzene rings is 1. The topological polar surface area (TPSA) is 57.0 Å². The van der Waals surface area contributed by atoms with Gasteiger partial charge in [0.2, 0.25) is 0 Å². The molecule has 0 aliphatic heterocycles. The Morgan fingerprint density at radius 1 is 1.14 bits per heavy atom. The van der Waals surface area contributed by atoms with Crippen molar-refractivity contribution in [1.82, 2.24) is 4.90 Å². The summed E-state index contributed by atoms with van der Waals surface area (Å²) in [6, 6.07) is 5.97. The summed E-state index contributed by atoms with van der Waals surface area (Å²) >= 11 is 0. The average molecular weight is 296 g/mol. The Kier molecular flexibility index (Phi) is 7.50. The number of ether oxygens (including phenoxy) is 3. The van der Waals surface area contributed by atoms with Crippen LogP contribution < -0.4 is 15.2 Å². The highest BCUT2D eigenvalue weighted by Gasteiger charge is 2.18. The molecule has 0 aromatic heterocycles. The zero-order valence-corrected chi connectivity index (χ0v) is 13.8. The first-order chi connectivity index (χ1) is 10.0. The lowest BCUT2D eigenvalue weighted by molar-refractivity contribution is 0.124. The van der Waals surface area contributed by atoms with Gasteiger partial charge < -0.3 is 19.9 Å².